The molecule has 1 saturated heterocycles. The zero-order chi connectivity index (χ0) is 28.6. The maximum atomic E-state index is 13.2. The highest BCUT2D eigenvalue weighted by Crippen LogP contribution is 2.30. The Morgan fingerprint density at radius 3 is 2.38 bits per heavy atom. The fourth-order valence-corrected chi connectivity index (χ4v) is 5.53. The molecular formula is C33H42N2O5. The largest absolute Gasteiger partial charge is 0.507 e. The van der Waals surface area contributed by atoms with E-state index in [1.54, 1.807) is 13.1 Å². The number of piperidine rings is 1. The molecule has 1 aromatic heterocycles. The van der Waals surface area contributed by atoms with Gasteiger partial charge in [0, 0.05) is 19.5 Å². The number of hydrogen-bond acceptors (Lipinski definition) is 6. The lowest BCUT2D eigenvalue weighted by atomic mass is 9.94. The third-order valence-corrected chi connectivity index (χ3v) is 7.84. The Labute approximate surface area is 237 Å². The first-order valence-corrected chi connectivity index (χ1v) is 14.5. The number of phenolic OH excluding ortho intramolecular Hbond substituents is 2. The van der Waals surface area contributed by atoms with Crippen molar-refractivity contribution in [3.8, 4) is 11.5 Å². The molecule has 0 atom stereocenters. The number of furan rings is 1. The molecule has 2 aromatic carbocycles. The first kappa shape index (κ1) is 29.4. The number of carbonyl (C=O) groups excluding carboxylic acids is 2. The minimum Gasteiger partial charge on any atom is -0.507 e. The Kier molecular flexibility index (Phi) is 10.0. The molecule has 7 heteroatoms. The molecule has 2 N–H and O–H groups in total. The van der Waals surface area contributed by atoms with Crippen LogP contribution in [0.25, 0.3) is 0 Å². The van der Waals surface area contributed by atoms with Crippen molar-refractivity contribution in [1.29, 1.82) is 0 Å². The topological polar surface area (TPSA) is 94.2 Å². The van der Waals surface area contributed by atoms with Crippen LogP contribution in [-0.2, 0) is 25.8 Å². The van der Waals surface area contributed by atoms with Crippen molar-refractivity contribution in [2.45, 2.75) is 71.8 Å². The van der Waals surface area contributed by atoms with Crippen LogP contribution in [0.1, 0.15) is 88.0 Å². The molecule has 0 saturated carbocycles. The molecule has 0 unspecified atom stereocenters. The SMILES string of the molecule is CCc1cc(CCCN2CCCCC2)ccc1CCC(=O)c1cc(C(=O)N(C)Cc2ccc(C)o2)c(O)cc1O. The van der Waals surface area contributed by atoms with Gasteiger partial charge in [-0.05, 0) is 100.0 Å². The van der Waals surface area contributed by atoms with Crippen molar-refractivity contribution >= 4 is 11.7 Å². The molecule has 1 amide bonds. The molecule has 1 fully saturated rings. The zero-order valence-corrected chi connectivity index (χ0v) is 24.0. The molecule has 0 radical (unpaired) electrons. The first-order chi connectivity index (χ1) is 19.2. The van der Waals surface area contributed by atoms with Crippen LogP contribution in [-0.4, -0.2) is 58.4 Å². The highest BCUT2D eigenvalue weighted by molar-refractivity contribution is 6.04. The van der Waals surface area contributed by atoms with E-state index in [-0.39, 0.29) is 41.4 Å². The summed E-state index contributed by atoms with van der Waals surface area (Å²) in [5, 5.41) is 20.8. The molecule has 1 aliphatic rings. The predicted octanol–water partition coefficient (Wildman–Crippen LogP) is 6.07. The lowest BCUT2D eigenvalue weighted by Crippen LogP contribution is -2.30. The number of aromatic hydroxyl groups is 2. The third kappa shape index (κ3) is 7.54. The molecule has 3 aromatic rings. The van der Waals surface area contributed by atoms with Crippen molar-refractivity contribution in [3.05, 3.63) is 81.8 Å². The summed E-state index contributed by atoms with van der Waals surface area (Å²) < 4.78 is 5.54. The molecule has 214 valence electrons. The summed E-state index contributed by atoms with van der Waals surface area (Å²) in [5.74, 6) is -0.0883. The van der Waals surface area contributed by atoms with Crippen LogP contribution in [0.2, 0.25) is 0 Å². The minimum atomic E-state index is -0.468. The van der Waals surface area contributed by atoms with E-state index in [1.165, 1.54) is 54.4 Å². The third-order valence-electron chi connectivity index (χ3n) is 7.84. The van der Waals surface area contributed by atoms with E-state index in [0.29, 0.717) is 12.2 Å². The molecule has 0 aliphatic carbocycles. The summed E-state index contributed by atoms with van der Waals surface area (Å²) in [6.45, 7) is 7.76. The standard InChI is InChI=1S/C33H42N2O5/c1-4-25-19-24(9-8-18-35-16-6-5-7-17-35)11-12-26(25)13-15-30(36)28-20-29(32(38)21-31(28)37)33(39)34(3)22-27-14-10-23(2)40-27/h10-12,14,19-21,37-38H,4-9,13,15-18,22H2,1-3H3. The Balaban J connectivity index is 1.38. The van der Waals surface area contributed by atoms with E-state index in [4.69, 9.17) is 4.42 Å². The average molecular weight is 547 g/mol. The Morgan fingerprint density at radius 2 is 1.68 bits per heavy atom. The Morgan fingerprint density at radius 1 is 0.925 bits per heavy atom. The van der Waals surface area contributed by atoms with E-state index in [9.17, 15) is 19.8 Å². The van der Waals surface area contributed by atoms with Crippen LogP contribution in [0.5, 0.6) is 11.5 Å². The van der Waals surface area contributed by atoms with Gasteiger partial charge in [0.2, 0.25) is 0 Å². The van der Waals surface area contributed by atoms with E-state index in [0.717, 1.165) is 43.2 Å². The van der Waals surface area contributed by atoms with Crippen LogP contribution in [0.4, 0.5) is 0 Å². The fourth-order valence-electron chi connectivity index (χ4n) is 5.53. The van der Waals surface area contributed by atoms with Crippen LogP contribution >= 0.6 is 0 Å². The van der Waals surface area contributed by atoms with Gasteiger partial charge in [-0.25, -0.2) is 0 Å². The van der Waals surface area contributed by atoms with Gasteiger partial charge >= 0.3 is 0 Å². The number of rotatable bonds is 12. The molecule has 40 heavy (non-hydrogen) atoms. The van der Waals surface area contributed by atoms with Gasteiger partial charge in [-0.1, -0.05) is 31.5 Å². The number of benzene rings is 2. The van der Waals surface area contributed by atoms with Gasteiger partial charge < -0.3 is 24.4 Å². The molecule has 2 heterocycles. The lowest BCUT2D eigenvalue weighted by molar-refractivity contribution is 0.0772. The van der Waals surface area contributed by atoms with Crippen LogP contribution in [0.15, 0.2) is 46.9 Å². The van der Waals surface area contributed by atoms with Crippen molar-refractivity contribution in [2.75, 3.05) is 26.7 Å². The highest BCUT2D eigenvalue weighted by Gasteiger charge is 2.22. The quantitative estimate of drug-likeness (QED) is 0.268. The second-order valence-electron chi connectivity index (χ2n) is 10.9. The summed E-state index contributed by atoms with van der Waals surface area (Å²) >= 11 is 0. The maximum absolute atomic E-state index is 13.2. The Hall–Kier alpha value is -3.58. The first-order valence-electron chi connectivity index (χ1n) is 14.5. The number of carbonyl (C=O) groups is 2. The van der Waals surface area contributed by atoms with E-state index in [1.807, 2.05) is 13.0 Å². The fraction of sp³-hybridized carbons (Fsp3) is 0.455. The molecule has 7 nitrogen and oxygen atoms in total. The zero-order valence-electron chi connectivity index (χ0n) is 24.0. The summed E-state index contributed by atoms with van der Waals surface area (Å²) in [7, 11) is 1.59. The van der Waals surface area contributed by atoms with Gasteiger partial charge in [0.05, 0.1) is 17.7 Å². The number of likely N-dealkylation sites (tertiary alicyclic amines) is 1. The number of aryl methyl sites for hydroxylation is 4. The summed E-state index contributed by atoms with van der Waals surface area (Å²) in [4.78, 5) is 30.2. The van der Waals surface area contributed by atoms with Crippen molar-refractivity contribution in [3.63, 3.8) is 0 Å². The highest BCUT2D eigenvalue weighted by atomic mass is 16.3. The second kappa shape index (κ2) is 13.7. The average Bonchev–Trinajstić information content (AvgIpc) is 3.36. The van der Waals surface area contributed by atoms with Gasteiger partial charge in [0.15, 0.2) is 5.78 Å². The van der Waals surface area contributed by atoms with E-state index in [2.05, 4.69) is 30.0 Å². The minimum absolute atomic E-state index is 0.0323. The van der Waals surface area contributed by atoms with Crippen molar-refractivity contribution in [2.24, 2.45) is 0 Å². The molecule has 1 aliphatic heterocycles. The van der Waals surface area contributed by atoms with Crippen LogP contribution < -0.4 is 0 Å². The summed E-state index contributed by atoms with van der Waals surface area (Å²) in [6, 6.07) is 12.5. The number of phenols is 2. The number of hydrogen-bond donors (Lipinski definition) is 2. The number of Topliss-reactive ketones (excluding diaryl/α,β-unsaturated/α-hetero) is 1. The van der Waals surface area contributed by atoms with Gasteiger partial charge in [0.25, 0.3) is 5.91 Å². The van der Waals surface area contributed by atoms with Crippen LogP contribution in [0.3, 0.4) is 0 Å². The number of nitrogens with zero attached hydrogens (tertiary/aromatic N) is 2. The normalized spacial score (nSPS) is 13.9. The predicted molar refractivity (Wildman–Crippen MR) is 156 cm³/mol. The van der Waals surface area contributed by atoms with Gasteiger partial charge in [-0.3, -0.25) is 9.59 Å². The summed E-state index contributed by atoms with van der Waals surface area (Å²) in [6.07, 6.45) is 7.80. The smallest absolute Gasteiger partial charge is 0.257 e. The molecular weight excluding hydrogens is 504 g/mol. The monoisotopic (exact) mass is 546 g/mol. The van der Waals surface area contributed by atoms with E-state index >= 15 is 0 Å². The molecule has 0 spiro atoms. The van der Waals surface area contributed by atoms with Gasteiger partial charge in [-0.2, -0.15) is 0 Å². The second-order valence-corrected chi connectivity index (χ2v) is 10.9. The van der Waals surface area contributed by atoms with Crippen molar-refractivity contribution in [1.82, 2.24) is 9.80 Å². The number of amides is 1. The van der Waals surface area contributed by atoms with Crippen LogP contribution in [0, 0.1) is 6.92 Å². The van der Waals surface area contributed by atoms with E-state index < -0.39 is 5.91 Å². The lowest BCUT2D eigenvalue weighted by Gasteiger charge is -2.26. The maximum Gasteiger partial charge on any atom is 0.257 e. The van der Waals surface area contributed by atoms with Gasteiger partial charge in [-0.15, -0.1) is 0 Å². The Bertz CT molecular complexity index is 1320. The molecule has 4 rings (SSSR count). The summed E-state index contributed by atoms with van der Waals surface area (Å²) in [5.41, 5.74) is 3.70. The molecule has 0 bridgehead atoms. The van der Waals surface area contributed by atoms with Crippen molar-refractivity contribution < 1.29 is 24.2 Å². The van der Waals surface area contributed by atoms with Gasteiger partial charge in [0.1, 0.15) is 23.0 Å². The number of ketones is 1.